The molecule has 1 aliphatic rings. The summed E-state index contributed by atoms with van der Waals surface area (Å²) in [5.74, 6) is 0.330. The molecule has 21 heavy (non-hydrogen) atoms. The van der Waals surface area contributed by atoms with Crippen molar-refractivity contribution >= 4 is 16.8 Å². The molecule has 0 bridgehead atoms. The summed E-state index contributed by atoms with van der Waals surface area (Å²) in [5.41, 5.74) is 2.06. The van der Waals surface area contributed by atoms with E-state index in [1.165, 1.54) is 10.9 Å². The number of hydrogen-bond donors (Lipinski definition) is 1. The Morgan fingerprint density at radius 2 is 1.86 bits per heavy atom. The van der Waals surface area contributed by atoms with Crippen molar-refractivity contribution in [3.63, 3.8) is 0 Å². The van der Waals surface area contributed by atoms with Crippen LogP contribution in [0.15, 0.2) is 30.5 Å². The van der Waals surface area contributed by atoms with Crippen molar-refractivity contribution in [1.29, 1.82) is 0 Å². The van der Waals surface area contributed by atoms with Crippen molar-refractivity contribution < 1.29 is 4.79 Å². The maximum atomic E-state index is 13.1. The molecule has 3 heteroatoms. The predicted octanol–water partition coefficient (Wildman–Crippen LogP) is 3.85. The largest absolute Gasteiger partial charge is 0.361 e. The lowest BCUT2D eigenvalue weighted by molar-refractivity contribution is -0.134. The van der Waals surface area contributed by atoms with Crippen molar-refractivity contribution in [2.24, 2.45) is 0 Å². The number of aromatic amines is 1. The van der Waals surface area contributed by atoms with Gasteiger partial charge in [-0.05, 0) is 37.3 Å². The summed E-state index contributed by atoms with van der Waals surface area (Å²) in [4.78, 5) is 18.4. The molecule has 0 radical (unpaired) electrons. The van der Waals surface area contributed by atoms with Gasteiger partial charge in [0.05, 0.1) is 5.41 Å². The van der Waals surface area contributed by atoms with E-state index in [1.54, 1.807) is 0 Å². The molecule has 3 rings (SSSR count). The quantitative estimate of drug-likeness (QED) is 0.859. The molecule has 0 saturated heterocycles. The number of carbonyl (C=O) groups is 1. The molecule has 1 N–H and O–H groups in total. The van der Waals surface area contributed by atoms with Gasteiger partial charge < -0.3 is 9.88 Å². The van der Waals surface area contributed by atoms with Gasteiger partial charge in [-0.2, -0.15) is 0 Å². The number of fused-ring (bicyclic) bond motifs is 1. The number of carbonyl (C=O) groups excluding carboxylic acids is 1. The van der Waals surface area contributed by atoms with Gasteiger partial charge in [-0.15, -0.1) is 0 Å². The van der Waals surface area contributed by atoms with Gasteiger partial charge in [-0.1, -0.05) is 32.0 Å². The molecular weight excluding hydrogens is 260 g/mol. The summed E-state index contributed by atoms with van der Waals surface area (Å²) in [7, 11) is 0. The van der Waals surface area contributed by atoms with Crippen molar-refractivity contribution in [1.82, 2.24) is 9.88 Å². The number of benzene rings is 1. The van der Waals surface area contributed by atoms with Crippen LogP contribution in [0.2, 0.25) is 0 Å². The van der Waals surface area contributed by atoms with Crippen LogP contribution in [0.25, 0.3) is 10.9 Å². The predicted molar refractivity (Wildman–Crippen MR) is 86.4 cm³/mol. The third-order valence-corrected chi connectivity index (χ3v) is 4.54. The summed E-state index contributed by atoms with van der Waals surface area (Å²) in [6.07, 6.45) is 6.06. The zero-order valence-electron chi connectivity index (χ0n) is 13.0. The van der Waals surface area contributed by atoms with Crippen LogP contribution >= 0.6 is 0 Å². The Kier molecular flexibility index (Phi) is 3.75. The second-order valence-electron chi connectivity index (χ2n) is 6.12. The van der Waals surface area contributed by atoms with Crippen LogP contribution in [0, 0.1) is 0 Å². The second-order valence-corrected chi connectivity index (χ2v) is 6.12. The summed E-state index contributed by atoms with van der Waals surface area (Å²) >= 11 is 0. The highest BCUT2D eigenvalue weighted by Gasteiger charge is 2.53. The Morgan fingerprint density at radius 3 is 2.48 bits per heavy atom. The van der Waals surface area contributed by atoms with E-state index in [1.807, 2.05) is 12.3 Å². The van der Waals surface area contributed by atoms with Crippen LogP contribution in [0.4, 0.5) is 0 Å². The minimum Gasteiger partial charge on any atom is -0.361 e. The Balaban J connectivity index is 1.95. The van der Waals surface area contributed by atoms with Crippen LogP contribution in [-0.2, 0) is 10.2 Å². The molecule has 3 nitrogen and oxygen atoms in total. The second kappa shape index (κ2) is 5.55. The molecule has 0 spiro atoms. The van der Waals surface area contributed by atoms with Crippen molar-refractivity contribution in [2.45, 2.75) is 44.9 Å². The average molecular weight is 284 g/mol. The highest BCUT2D eigenvalue weighted by molar-refractivity contribution is 5.97. The standard InChI is InChI=1S/C18H24N2O/c1-3-11-20(12-4-2)17(21)18(9-10-18)15-13-19-16-8-6-5-7-14(15)16/h5-8,13,19H,3-4,9-12H2,1-2H3. The van der Waals surface area contributed by atoms with Crippen LogP contribution < -0.4 is 0 Å². The molecule has 2 aromatic rings. The first-order valence-electron chi connectivity index (χ1n) is 8.09. The summed E-state index contributed by atoms with van der Waals surface area (Å²) in [6, 6.07) is 8.29. The number of para-hydroxylation sites is 1. The van der Waals surface area contributed by atoms with Gasteiger partial charge in [0.1, 0.15) is 0 Å². The van der Waals surface area contributed by atoms with Gasteiger partial charge >= 0.3 is 0 Å². The van der Waals surface area contributed by atoms with Gasteiger partial charge in [0, 0.05) is 30.2 Å². The van der Waals surface area contributed by atoms with Crippen LogP contribution in [-0.4, -0.2) is 28.9 Å². The first-order chi connectivity index (χ1) is 10.2. The first kappa shape index (κ1) is 14.2. The van der Waals surface area contributed by atoms with E-state index in [9.17, 15) is 4.79 Å². The van der Waals surface area contributed by atoms with E-state index >= 15 is 0 Å². The zero-order valence-corrected chi connectivity index (χ0v) is 13.0. The fraction of sp³-hybridized carbons (Fsp3) is 0.500. The van der Waals surface area contributed by atoms with Crippen LogP contribution in [0.5, 0.6) is 0 Å². The van der Waals surface area contributed by atoms with Crippen LogP contribution in [0.1, 0.15) is 45.1 Å². The molecule has 1 saturated carbocycles. The Bertz CT molecular complexity index is 633. The molecule has 1 aromatic heterocycles. The molecule has 1 aliphatic carbocycles. The Morgan fingerprint density at radius 1 is 1.19 bits per heavy atom. The van der Waals surface area contributed by atoms with Crippen molar-refractivity contribution in [3.05, 3.63) is 36.0 Å². The zero-order chi connectivity index (χ0) is 14.9. The maximum absolute atomic E-state index is 13.1. The van der Waals surface area contributed by atoms with E-state index < -0.39 is 0 Å². The van der Waals surface area contributed by atoms with Crippen LogP contribution in [0.3, 0.4) is 0 Å². The summed E-state index contributed by atoms with van der Waals surface area (Å²) in [6.45, 7) is 6.02. The third-order valence-electron chi connectivity index (χ3n) is 4.54. The lowest BCUT2D eigenvalue weighted by Gasteiger charge is -2.26. The smallest absolute Gasteiger partial charge is 0.233 e. The number of nitrogens with one attached hydrogen (secondary N) is 1. The molecule has 1 aromatic carbocycles. The Labute approximate surface area is 126 Å². The number of aromatic nitrogens is 1. The topological polar surface area (TPSA) is 36.1 Å². The molecule has 1 amide bonds. The minimum atomic E-state index is -0.260. The normalized spacial score (nSPS) is 16.1. The van der Waals surface area contributed by atoms with E-state index in [-0.39, 0.29) is 5.41 Å². The van der Waals surface area contributed by atoms with Gasteiger partial charge in [0.15, 0.2) is 0 Å². The first-order valence-corrected chi connectivity index (χ1v) is 8.09. The Hall–Kier alpha value is -1.77. The average Bonchev–Trinajstić information content (AvgIpc) is 3.19. The molecule has 1 heterocycles. The lowest BCUT2D eigenvalue weighted by atomic mass is 9.93. The fourth-order valence-corrected chi connectivity index (χ4v) is 3.35. The number of hydrogen-bond acceptors (Lipinski definition) is 1. The SMILES string of the molecule is CCCN(CCC)C(=O)C1(c2c[nH]c3ccccc23)CC1. The molecule has 0 aliphatic heterocycles. The highest BCUT2D eigenvalue weighted by Crippen LogP contribution is 2.51. The van der Waals surface area contributed by atoms with Gasteiger partial charge in [0.2, 0.25) is 5.91 Å². The van der Waals surface area contributed by atoms with Gasteiger partial charge in [-0.25, -0.2) is 0 Å². The number of nitrogens with zero attached hydrogens (tertiary/aromatic N) is 1. The van der Waals surface area contributed by atoms with Crippen molar-refractivity contribution in [2.75, 3.05) is 13.1 Å². The molecule has 0 unspecified atom stereocenters. The van der Waals surface area contributed by atoms with Gasteiger partial charge in [0.25, 0.3) is 0 Å². The number of H-pyrrole nitrogens is 1. The highest BCUT2D eigenvalue weighted by atomic mass is 16.2. The maximum Gasteiger partial charge on any atom is 0.233 e. The molecule has 1 fully saturated rings. The van der Waals surface area contributed by atoms with E-state index in [2.05, 4.69) is 41.9 Å². The third kappa shape index (κ3) is 2.35. The van der Waals surface area contributed by atoms with Crippen molar-refractivity contribution in [3.8, 4) is 0 Å². The van der Waals surface area contributed by atoms with E-state index in [0.29, 0.717) is 5.91 Å². The van der Waals surface area contributed by atoms with E-state index in [0.717, 1.165) is 44.3 Å². The fourth-order valence-electron chi connectivity index (χ4n) is 3.35. The van der Waals surface area contributed by atoms with Gasteiger partial charge in [-0.3, -0.25) is 4.79 Å². The molecule has 112 valence electrons. The summed E-state index contributed by atoms with van der Waals surface area (Å²) < 4.78 is 0. The number of amides is 1. The van der Waals surface area contributed by atoms with E-state index in [4.69, 9.17) is 0 Å². The lowest BCUT2D eigenvalue weighted by Crippen LogP contribution is -2.40. The monoisotopic (exact) mass is 284 g/mol. The number of rotatable bonds is 6. The summed E-state index contributed by atoms with van der Waals surface area (Å²) in [5, 5.41) is 1.20. The molecule has 0 atom stereocenters. The minimum absolute atomic E-state index is 0.260. The molecular formula is C18H24N2O.